The summed E-state index contributed by atoms with van der Waals surface area (Å²) in [5.41, 5.74) is 0.830. The number of amides is 2. The first kappa shape index (κ1) is 20.7. The fraction of sp³-hybridized carbons (Fsp3) is 0.294. The van der Waals surface area contributed by atoms with Crippen molar-refractivity contribution in [2.45, 2.75) is 18.7 Å². The smallest absolute Gasteiger partial charge is 0.335 e. The molecule has 0 fully saturated rings. The molecule has 1 aromatic heterocycles. The molecule has 1 aliphatic rings. The van der Waals surface area contributed by atoms with Crippen LogP contribution in [0.2, 0.25) is 0 Å². The molecule has 0 aliphatic carbocycles. The summed E-state index contributed by atoms with van der Waals surface area (Å²) in [6.45, 7) is 4.15. The maximum absolute atomic E-state index is 12.9. The van der Waals surface area contributed by atoms with Crippen molar-refractivity contribution < 1.29 is 22.7 Å². The zero-order valence-corrected chi connectivity index (χ0v) is 17.6. The van der Waals surface area contributed by atoms with E-state index in [1.807, 2.05) is 11.6 Å². The lowest BCUT2D eigenvalue weighted by Gasteiger charge is -2.32. The van der Waals surface area contributed by atoms with Gasteiger partial charge in [0.2, 0.25) is 11.8 Å². The third-order valence-corrected chi connectivity index (χ3v) is 5.68. The van der Waals surface area contributed by atoms with Crippen LogP contribution in [0.3, 0.4) is 0 Å². The minimum absolute atomic E-state index is 0.0932. The van der Waals surface area contributed by atoms with Crippen molar-refractivity contribution in [3.63, 3.8) is 0 Å². The number of thiocarbonyl (C=S) groups is 1. The fourth-order valence-corrected chi connectivity index (χ4v) is 4.19. The van der Waals surface area contributed by atoms with Crippen LogP contribution in [0.1, 0.15) is 12.6 Å². The molecule has 2 N–H and O–H groups in total. The molecule has 2 amide bonds. The molecule has 2 aromatic rings. The molecule has 12 heteroatoms. The molecule has 0 atom stereocenters. The highest BCUT2D eigenvalue weighted by Crippen LogP contribution is 2.38. The van der Waals surface area contributed by atoms with E-state index in [0.717, 1.165) is 0 Å². The number of benzene rings is 1. The number of aromatic nitrogens is 2. The predicted octanol–water partition coefficient (Wildman–Crippen LogP) is 1.85. The molecule has 1 aromatic carbocycles. The second-order valence-electron chi connectivity index (χ2n) is 5.96. The molecular formula is C17H19N5O5S2. The van der Waals surface area contributed by atoms with Gasteiger partial charge in [-0.15, -0.1) is 0 Å². The second kappa shape index (κ2) is 8.17. The summed E-state index contributed by atoms with van der Waals surface area (Å²) in [4.78, 5) is 22.3. The van der Waals surface area contributed by atoms with Crippen molar-refractivity contribution in [3.05, 3.63) is 30.0 Å². The van der Waals surface area contributed by atoms with E-state index < -0.39 is 16.1 Å². The van der Waals surface area contributed by atoms with Gasteiger partial charge in [-0.25, -0.2) is 22.9 Å². The highest BCUT2D eigenvalue weighted by atomic mass is 32.2. The van der Waals surface area contributed by atoms with E-state index in [1.165, 1.54) is 19.2 Å². The van der Waals surface area contributed by atoms with Crippen molar-refractivity contribution in [1.82, 2.24) is 14.7 Å². The quantitative estimate of drug-likeness (QED) is 0.675. The third kappa shape index (κ3) is 4.38. The Balaban J connectivity index is 1.88. The fourth-order valence-electron chi connectivity index (χ4n) is 2.78. The Morgan fingerprint density at radius 2 is 2.14 bits per heavy atom. The SMILES string of the molecule is CCN1C(=S)COc2cccc(S(=O)(=O)NC(=O)Nc3nc(C)cc(OC)n3)c21. The topological polar surface area (TPSA) is 123 Å². The Kier molecular flexibility index (Phi) is 5.84. The van der Waals surface area contributed by atoms with Crippen molar-refractivity contribution in [2.75, 3.05) is 30.5 Å². The van der Waals surface area contributed by atoms with Gasteiger partial charge in [-0.2, -0.15) is 4.98 Å². The highest BCUT2D eigenvalue weighted by Gasteiger charge is 2.31. The molecule has 154 valence electrons. The minimum atomic E-state index is -4.24. The van der Waals surface area contributed by atoms with Gasteiger partial charge in [0.05, 0.1) is 7.11 Å². The zero-order valence-electron chi connectivity index (χ0n) is 15.9. The van der Waals surface area contributed by atoms with Gasteiger partial charge >= 0.3 is 6.03 Å². The van der Waals surface area contributed by atoms with Crippen molar-refractivity contribution in [3.8, 4) is 11.6 Å². The Labute approximate surface area is 173 Å². The van der Waals surface area contributed by atoms with Gasteiger partial charge in [-0.3, -0.25) is 5.32 Å². The van der Waals surface area contributed by atoms with Gasteiger partial charge in [-0.05, 0) is 26.0 Å². The van der Waals surface area contributed by atoms with E-state index in [-0.39, 0.29) is 23.3 Å². The lowest BCUT2D eigenvalue weighted by Crippen LogP contribution is -2.40. The molecule has 29 heavy (non-hydrogen) atoms. The van der Waals surface area contributed by atoms with Gasteiger partial charge in [0, 0.05) is 18.3 Å². The van der Waals surface area contributed by atoms with Crippen LogP contribution >= 0.6 is 12.2 Å². The van der Waals surface area contributed by atoms with Crippen LogP contribution in [-0.4, -0.2) is 49.7 Å². The number of carbonyl (C=O) groups excluding carboxylic acids is 1. The second-order valence-corrected chi connectivity index (χ2v) is 8.09. The molecule has 0 radical (unpaired) electrons. The van der Waals surface area contributed by atoms with Crippen LogP contribution in [0.25, 0.3) is 0 Å². The normalized spacial score (nSPS) is 13.3. The Morgan fingerprint density at radius 1 is 1.38 bits per heavy atom. The molecule has 0 unspecified atom stereocenters. The van der Waals surface area contributed by atoms with Gasteiger partial charge in [0.1, 0.15) is 27.9 Å². The number of rotatable bonds is 5. The van der Waals surface area contributed by atoms with Crippen molar-refractivity contribution in [1.29, 1.82) is 0 Å². The van der Waals surface area contributed by atoms with Gasteiger partial charge in [0.15, 0.2) is 0 Å². The van der Waals surface area contributed by atoms with Crippen LogP contribution in [-0.2, 0) is 10.0 Å². The maximum Gasteiger partial charge on any atom is 0.335 e. The molecule has 2 heterocycles. The van der Waals surface area contributed by atoms with Crippen LogP contribution < -0.4 is 24.4 Å². The average Bonchev–Trinajstić information content (AvgIpc) is 2.66. The molecule has 1 aliphatic heterocycles. The van der Waals surface area contributed by atoms with E-state index in [9.17, 15) is 13.2 Å². The molecule has 0 saturated carbocycles. The van der Waals surface area contributed by atoms with E-state index in [1.54, 1.807) is 24.0 Å². The molecular weight excluding hydrogens is 418 g/mol. The van der Waals surface area contributed by atoms with Crippen molar-refractivity contribution >= 4 is 44.9 Å². The number of likely N-dealkylation sites (N-methyl/N-ethyl adjacent to an activating group) is 1. The molecule has 3 rings (SSSR count). The van der Waals surface area contributed by atoms with Gasteiger partial charge in [0.25, 0.3) is 10.0 Å². The Bertz CT molecular complexity index is 1070. The van der Waals surface area contributed by atoms with E-state index in [2.05, 4.69) is 15.3 Å². The summed E-state index contributed by atoms with van der Waals surface area (Å²) in [7, 11) is -2.83. The van der Waals surface area contributed by atoms with E-state index in [0.29, 0.717) is 28.7 Å². The standard InChI is InChI=1S/C17H19N5O5S2/c1-4-22-14(28)9-27-11-6-5-7-12(15(11)22)29(24,25)21-17(23)20-16-18-10(2)8-13(19-16)26-3/h5-8H,4,9H2,1-3H3,(H2,18,19,20,21,23). The number of aryl methyl sites for hydroxylation is 1. The highest BCUT2D eigenvalue weighted by molar-refractivity contribution is 7.90. The lowest BCUT2D eigenvalue weighted by atomic mass is 10.2. The number of para-hydroxylation sites is 1. The van der Waals surface area contributed by atoms with Crippen LogP contribution in [0, 0.1) is 6.92 Å². The Hall–Kier alpha value is -2.99. The van der Waals surface area contributed by atoms with E-state index >= 15 is 0 Å². The summed E-state index contributed by atoms with van der Waals surface area (Å²) in [6, 6.07) is 5.10. The number of sulfonamides is 1. The molecule has 0 saturated heterocycles. The first-order valence-corrected chi connectivity index (χ1v) is 10.4. The first-order valence-electron chi connectivity index (χ1n) is 8.54. The third-order valence-electron chi connectivity index (χ3n) is 3.98. The van der Waals surface area contributed by atoms with E-state index in [4.69, 9.17) is 21.7 Å². The average molecular weight is 438 g/mol. The van der Waals surface area contributed by atoms with Crippen LogP contribution in [0.5, 0.6) is 11.6 Å². The predicted molar refractivity (Wildman–Crippen MR) is 110 cm³/mol. The van der Waals surface area contributed by atoms with Crippen LogP contribution in [0.4, 0.5) is 16.4 Å². The number of fused-ring (bicyclic) bond motifs is 1. The van der Waals surface area contributed by atoms with Gasteiger partial charge < -0.3 is 14.4 Å². The number of hydrogen-bond acceptors (Lipinski definition) is 8. The number of ether oxygens (including phenoxy) is 2. The Morgan fingerprint density at radius 3 is 2.83 bits per heavy atom. The molecule has 0 spiro atoms. The largest absolute Gasteiger partial charge is 0.484 e. The number of methoxy groups -OCH3 is 1. The number of hydrogen-bond donors (Lipinski definition) is 2. The maximum atomic E-state index is 12.9. The monoisotopic (exact) mass is 437 g/mol. The lowest BCUT2D eigenvalue weighted by molar-refractivity contribution is 0.256. The number of anilines is 2. The number of nitrogens with one attached hydrogen (secondary N) is 2. The number of urea groups is 1. The van der Waals surface area contributed by atoms with Gasteiger partial charge in [-0.1, -0.05) is 18.3 Å². The molecule has 10 nitrogen and oxygen atoms in total. The summed E-state index contributed by atoms with van der Waals surface area (Å²) >= 11 is 5.27. The van der Waals surface area contributed by atoms with Crippen molar-refractivity contribution in [2.24, 2.45) is 0 Å². The zero-order chi connectivity index (χ0) is 21.2. The first-order chi connectivity index (χ1) is 13.7. The summed E-state index contributed by atoms with van der Waals surface area (Å²) in [5.74, 6) is 0.511. The molecule has 0 bridgehead atoms. The number of carbonyl (C=O) groups is 1. The number of nitrogens with zero attached hydrogens (tertiary/aromatic N) is 3. The summed E-state index contributed by atoms with van der Waals surface area (Å²) < 4.78 is 38.3. The van der Waals surface area contributed by atoms with Crippen LogP contribution in [0.15, 0.2) is 29.2 Å². The minimum Gasteiger partial charge on any atom is -0.484 e. The summed E-state index contributed by atoms with van der Waals surface area (Å²) in [5, 5.41) is 2.30. The summed E-state index contributed by atoms with van der Waals surface area (Å²) in [6.07, 6.45) is 0.